The van der Waals surface area contributed by atoms with Crippen LogP contribution in [-0.4, -0.2) is 49.7 Å². The van der Waals surface area contributed by atoms with Crippen molar-refractivity contribution in [2.45, 2.75) is 6.92 Å². The summed E-state index contributed by atoms with van der Waals surface area (Å²) < 4.78 is 5.22. The van der Waals surface area contributed by atoms with E-state index in [1.165, 1.54) is 0 Å². The number of anilines is 2. The summed E-state index contributed by atoms with van der Waals surface area (Å²) in [5.74, 6) is 1.65. The third kappa shape index (κ3) is 2.61. The largest absolute Gasteiger partial charge is 0.494 e. The number of rotatable bonds is 3. The van der Waals surface area contributed by atoms with Gasteiger partial charge in [0.25, 0.3) is 0 Å². The molecule has 0 unspecified atom stereocenters. The van der Waals surface area contributed by atoms with E-state index in [-0.39, 0.29) is 0 Å². The van der Waals surface area contributed by atoms with Gasteiger partial charge in [0.2, 0.25) is 0 Å². The minimum Gasteiger partial charge on any atom is -0.494 e. The van der Waals surface area contributed by atoms with Crippen LogP contribution in [0.3, 0.4) is 0 Å². The fourth-order valence-corrected chi connectivity index (χ4v) is 2.08. The van der Waals surface area contributed by atoms with Crippen LogP contribution in [0.15, 0.2) is 12.3 Å². The maximum Gasteiger partial charge on any atom is 0.147 e. The van der Waals surface area contributed by atoms with Gasteiger partial charge in [0.15, 0.2) is 0 Å². The van der Waals surface area contributed by atoms with Gasteiger partial charge in [-0.05, 0) is 6.54 Å². The van der Waals surface area contributed by atoms with Gasteiger partial charge in [-0.2, -0.15) is 0 Å². The van der Waals surface area contributed by atoms with Crippen molar-refractivity contribution in [2.75, 3.05) is 50.5 Å². The Morgan fingerprint density at radius 2 is 2.06 bits per heavy atom. The first kappa shape index (κ1) is 12.0. The molecule has 0 radical (unpaired) electrons. The molecule has 17 heavy (non-hydrogen) atoms. The monoisotopic (exact) mass is 236 g/mol. The molecule has 2 heterocycles. The summed E-state index contributed by atoms with van der Waals surface area (Å²) in [6.45, 7) is 7.50. The molecule has 1 aliphatic rings. The number of ether oxygens (including phenoxy) is 1. The first-order chi connectivity index (χ1) is 8.24. The SMILES string of the molecule is CCN1CCN(c2cc(OC)c(N)cn2)CC1. The Balaban J connectivity index is 2.08. The molecule has 0 amide bonds. The molecule has 0 spiro atoms. The quantitative estimate of drug-likeness (QED) is 0.842. The zero-order valence-corrected chi connectivity index (χ0v) is 10.5. The predicted molar refractivity (Wildman–Crippen MR) is 69.5 cm³/mol. The van der Waals surface area contributed by atoms with Gasteiger partial charge < -0.3 is 20.3 Å². The minimum absolute atomic E-state index is 0.587. The summed E-state index contributed by atoms with van der Waals surface area (Å²) in [4.78, 5) is 9.07. The second-order valence-electron chi connectivity index (χ2n) is 4.21. The van der Waals surface area contributed by atoms with E-state index < -0.39 is 0 Å². The van der Waals surface area contributed by atoms with Crippen LogP contribution < -0.4 is 15.4 Å². The van der Waals surface area contributed by atoms with Crippen LogP contribution in [0.5, 0.6) is 5.75 Å². The van der Waals surface area contributed by atoms with Gasteiger partial charge in [0, 0.05) is 32.2 Å². The predicted octanol–water partition coefficient (Wildman–Crippen LogP) is 0.814. The fraction of sp³-hybridized carbons (Fsp3) is 0.583. The molecule has 0 atom stereocenters. The highest BCUT2D eigenvalue weighted by Crippen LogP contribution is 2.25. The Labute approximate surface area is 102 Å². The van der Waals surface area contributed by atoms with E-state index in [1.807, 2.05) is 6.07 Å². The first-order valence-corrected chi connectivity index (χ1v) is 6.01. The number of hydrogen-bond acceptors (Lipinski definition) is 5. The normalized spacial score (nSPS) is 17.2. The number of methoxy groups -OCH3 is 1. The highest BCUT2D eigenvalue weighted by Gasteiger charge is 2.17. The van der Waals surface area contributed by atoms with Crippen LogP contribution >= 0.6 is 0 Å². The van der Waals surface area contributed by atoms with Crippen molar-refractivity contribution >= 4 is 11.5 Å². The van der Waals surface area contributed by atoms with E-state index in [4.69, 9.17) is 10.5 Å². The van der Waals surface area contributed by atoms with Crippen LogP contribution in [0, 0.1) is 0 Å². The molecule has 0 bridgehead atoms. The summed E-state index contributed by atoms with van der Waals surface area (Å²) in [6, 6.07) is 1.91. The average molecular weight is 236 g/mol. The smallest absolute Gasteiger partial charge is 0.147 e. The van der Waals surface area contributed by atoms with E-state index in [9.17, 15) is 0 Å². The molecule has 1 saturated heterocycles. The number of nitrogen functional groups attached to an aromatic ring is 1. The lowest BCUT2D eigenvalue weighted by atomic mass is 10.3. The van der Waals surface area contributed by atoms with Crippen molar-refractivity contribution in [2.24, 2.45) is 0 Å². The van der Waals surface area contributed by atoms with Crippen molar-refractivity contribution in [3.63, 3.8) is 0 Å². The molecule has 2 N–H and O–H groups in total. The zero-order valence-electron chi connectivity index (χ0n) is 10.5. The second kappa shape index (κ2) is 5.23. The highest BCUT2D eigenvalue weighted by molar-refractivity contribution is 5.57. The molecule has 1 aromatic heterocycles. The Morgan fingerprint density at radius 3 is 2.65 bits per heavy atom. The molecular weight excluding hydrogens is 216 g/mol. The number of hydrogen-bond donors (Lipinski definition) is 1. The summed E-state index contributed by atoms with van der Waals surface area (Å²) in [5, 5.41) is 0. The van der Waals surface area contributed by atoms with E-state index >= 15 is 0 Å². The van der Waals surface area contributed by atoms with E-state index in [1.54, 1.807) is 13.3 Å². The van der Waals surface area contributed by atoms with Gasteiger partial charge in [-0.25, -0.2) is 4.98 Å². The number of pyridine rings is 1. The summed E-state index contributed by atoms with van der Waals surface area (Å²) in [7, 11) is 1.63. The molecule has 5 nitrogen and oxygen atoms in total. The standard InChI is InChI=1S/C12H20N4O/c1-3-15-4-6-16(7-5-15)12-8-11(17-2)10(13)9-14-12/h8-9H,3-7,13H2,1-2H3. The van der Waals surface area contributed by atoms with E-state index in [0.717, 1.165) is 38.5 Å². The lowest BCUT2D eigenvalue weighted by molar-refractivity contribution is 0.270. The molecule has 2 rings (SSSR count). The van der Waals surface area contributed by atoms with E-state index in [2.05, 4.69) is 21.7 Å². The average Bonchev–Trinajstić information content (AvgIpc) is 2.39. The van der Waals surface area contributed by atoms with Crippen molar-refractivity contribution in [1.29, 1.82) is 0 Å². The van der Waals surface area contributed by atoms with Crippen LogP contribution in [0.4, 0.5) is 11.5 Å². The Morgan fingerprint density at radius 1 is 1.35 bits per heavy atom. The zero-order chi connectivity index (χ0) is 12.3. The van der Waals surface area contributed by atoms with Crippen LogP contribution in [0.1, 0.15) is 6.92 Å². The Hall–Kier alpha value is -1.49. The molecule has 1 fully saturated rings. The van der Waals surface area contributed by atoms with Gasteiger partial charge in [-0.1, -0.05) is 6.92 Å². The minimum atomic E-state index is 0.587. The summed E-state index contributed by atoms with van der Waals surface area (Å²) in [6.07, 6.45) is 1.67. The third-order valence-electron chi connectivity index (χ3n) is 3.24. The molecule has 94 valence electrons. The molecule has 0 saturated carbocycles. The topological polar surface area (TPSA) is 54.6 Å². The number of piperazine rings is 1. The van der Waals surface area contributed by atoms with Crippen LogP contribution in [0.2, 0.25) is 0 Å². The number of aromatic nitrogens is 1. The van der Waals surface area contributed by atoms with Crippen LogP contribution in [-0.2, 0) is 0 Å². The van der Waals surface area contributed by atoms with Crippen molar-refractivity contribution in [1.82, 2.24) is 9.88 Å². The third-order valence-corrected chi connectivity index (χ3v) is 3.24. The van der Waals surface area contributed by atoms with Gasteiger partial charge in [-0.15, -0.1) is 0 Å². The fourth-order valence-electron chi connectivity index (χ4n) is 2.08. The van der Waals surface area contributed by atoms with Gasteiger partial charge in [0.1, 0.15) is 11.6 Å². The first-order valence-electron chi connectivity index (χ1n) is 6.01. The molecule has 5 heteroatoms. The number of nitrogens with two attached hydrogens (primary N) is 1. The van der Waals surface area contributed by atoms with Gasteiger partial charge in [-0.3, -0.25) is 0 Å². The Bertz CT molecular complexity index is 375. The lowest BCUT2D eigenvalue weighted by Gasteiger charge is -2.34. The molecular formula is C12H20N4O. The highest BCUT2D eigenvalue weighted by atomic mass is 16.5. The van der Waals surface area contributed by atoms with Crippen LogP contribution in [0.25, 0.3) is 0 Å². The van der Waals surface area contributed by atoms with Gasteiger partial charge in [0.05, 0.1) is 19.0 Å². The molecule has 0 aliphatic carbocycles. The maximum absolute atomic E-state index is 5.76. The summed E-state index contributed by atoms with van der Waals surface area (Å²) in [5.41, 5.74) is 6.35. The lowest BCUT2D eigenvalue weighted by Crippen LogP contribution is -2.46. The second-order valence-corrected chi connectivity index (χ2v) is 4.21. The molecule has 1 aromatic rings. The van der Waals surface area contributed by atoms with Gasteiger partial charge >= 0.3 is 0 Å². The van der Waals surface area contributed by atoms with E-state index in [0.29, 0.717) is 11.4 Å². The van der Waals surface area contributed by atoms with Crippen molar-refractivity contribution in [3.05, 3.63) is 12.3 Å². The number of nitrogens with zero attached hydrogens (tertiary/aromatic N) is 3. The molecule has 1 aliphatic heterocycles. The van der Waals surface area contributed by atoms with Crippen molar-refractivity contribution in [3.8, 4) is 5.75 Å². The molecule has 0 aromatic carbocycles. The van der Waals surface area contributed by atoms with Crippen molar-refractivity contribution < 1.29 is 4.74 Å². The summed E-state index contributed by atoms with van der Waals surface area (Å²) >= 11 is 0. The number of likely N-dealkylation sites (N-methyl/N-ethyl adjacent to an activating group) is 1. The maximum atomic E-state index is 5.76. The Kier molecular flexibility index (Phi) is 3.68.